The summed E-state index contributed by atoms with van der Waals surface area (Å²) >= 11 is 3.86. The summed E-state index contributed by atoms with van der Waals surface area (Å²) in [7, 11) is 0. The second kappa shape index (κ2) is 3.79. The van der Waals surface area contributed by atoms with E-state index in [0.29, 0.717) is 0 Å². The van der Waals surface area contributed by atoms with Crippen LogP contribution >= 0.6 is 15.9 Å². The van der Waals surface area contributed by atoms with Crippen LogP contribution in [0, 0.1) is 11.8 Å². The topological polar surface area (TPSA) is 3.24 Å². The van der Waals surface area contributed by atoms with Gasteiger partial charge in [-0.25, -0.2) is 0 Å². The van der Waals surface area contributed by atoms with Crippen LogP contribution in [0.1, 0.15) is 38.5 Å². The average molecular weight is 258 g/mol. The number of halogens is 1. The normalized spacial score (nSPS) is 48.6. The van der Waals surface area contributed by atoms with Gasteiger partial charge in [-0.05, 0) is 63.5 Å². The van der Waals surface area contributed by atoms with E-state index in [-0.39, 0.29) is 0 Å². The summed E-state index contributed by atoms with van der Waals surface area (Å²) in [5.41, 5.74) is 0. The summed E-state index contributed by atoms with van der Waals surface area (Å²) in [5, 5.41) is 0. The largest absolute Gasteiger partial charge is 0.300 e. The fourth-order valence-electron chi connectivity index (χ4n) is 4.11. The Kier molecular flexibility index (Phi) is 2.61. The maximum absolute atomic E-state index is 3.86. The Morgan fingerprint density at radius 3 is 2.07 bits per heavy atom. The van der Waals surface area contributed by atoms with Gasteiger partial charge in [-0.3, -0.25) is 4.90 Å². The van der Waals surface area contributed by atoms with Gasteiger partial charge in [0.25, 0.3) is 0 Å². The Hall–Kier alpha value is 0.440. The summed E-state index contributed by atoms with van der Waals surface area (Å²) in [4.78, 5) is 3.63. The smallest absolute Gasteiger partial charge is 0.0153 e. The minimum absolute atomic E-state index is 0.826. The molecule has 3 aliphatic rings. The van der Waals surface area contributed by atoms with Gasteiger partial charge in [-0.1, -0.05) is 15.9 Å². The molecule has 0 amide bonds. The van der Waals surface area contributed by atoms with Crippen molar-refractivity contribution in [2.24, 2.45) is 11.8 Å². The minimum Gasteiger partial charge on any atom is -0.300 e. The van der Waals surface area contributed by atoms with Crippen molar-refractivity contribution >= 4 is 15.9 Å². The van der Waals surface area contributed by atoms with Gasteiger partial charge in [-0.2, -0.15) is 0 Å². The molecule has 2 heterocycles. The van der Waals surface area contributed by atoms with E-state index in [9.17, 15) is 0 Å². The molecule has 3 fully saturated rings. The summed E-state index contributed by atoms with van der Waals surface area (Å²) < 4.78 is 0. The van der Waals surface area contributed by atoms with Crippen molar-refractivity contribution in [1.82, 2.24) is 4.90 Å². The molecule has 2 atom stereocenters. The molecule has 3 rings (SSSR count). The summed E-state index contributed by atoms with van der Waals surface area (Å²) in [6.45, 7) is 2.79. The molecule has 2 aliphatic heterocycles. The molecule has 80 valence electrons. The molecule has 0 bridgehead atoms. The van der Waals surface area contributed by atoms with E-state index in [1.165, 1.54) is 51.6 Å². The molecule has 1 aliphatic carbocycles. The molecular weight excluding hydrogens is 238 g/mol. The van der Waals surface area contributed by atoms with Crippen molar-refractivity contribution in [3.8, 4) is 0 Å². The van der Waals surface area contributed by atoms with Crippen molar-refractivity contribution in [2.75, 3.05) is 13.1 Å². The molecule has 0 aromatic heterocycles. The predicted octanol–water partition coefficient (Wildman–Crippen LogP) is 3.03. The Bertz CT molecular complexity index is 198. The van der Waals surface area contributed by atoms with Gasteiger partial charge >= 0.3 is 0 Å². The van der Waals surface area contributed by atoms with Crippen LogP contribution in [0.5, 0.6) is 0 Å². The van der Waals surface area contributed by atoms with Gasteiger partial charge in [0.05, 0.1) is 0 Å². The van der Waals surface area contributed by atoms with Crippen LogP contribution in [-0.2, 0) is 0 Å². The molecule has 0 aromatic rings. The van der Waals surface area contributed by atoms with Crippen LogP contribution in [0.2, 0.25) is 0 Å². The van der Waals surface area contributed by atoms with Crippen molar-refractivity contribution in [1.29, 1.82) is 0 Å². The maximum atomic E-state index is 3.86. The van der Waals surface area contributed by atoms with E-state index in [1.54, 1.807) is 0 Å². The number of alkyl halides is 1. The molecule has 1 nitrogen and oxygen atoms in total. The molecule has 2 saturated heterocycles. The molecule has 2 unspecified atom stereocenters. The highest BCUT2D eigenvalue weighted by Crippen LogP contribution is 2.44. The van der Waals surface area contributed by atoms with Crippen molar-refractivity contribution in [2.45, 2.75) is 49.4 Å². The Balaban J connectivity index is 1.82. The molecule has 0 spiro atoms. The van der Waals surface area contributed by atoms with E-state index in [4.69, 9.17) is 0 Å². The average Bonchev–Trinajstić information content (AvgIpc) is 2.18. The molecule has 1 saturated carbocycles. The van der Waals surface area contributed by atoms with Crippen molar-refractivity contribution in [3.05, 3.63) is 0 Å². The lowest BCUT2D eigenvalue weighted by Crippen LogP contribution is -2.55. The third-order valence-corrected chi connectivity index (χ3v) is 5.29. The molecular formula is C12H20BrN. The lowest BCUT2D eigenvalue weighted by atomic mass is 9.69. The molecule has 0 N–H and O–H groups in total. The minimum atomic E-state index is 0.826. The standard InChI is InChI=1S/C12H20BrN/c13-11-7-9-3-1-5-14-6-2-4-10(8-11)12(9)14/h9-12H,1-8H2. The molecule has 2 heteroatoms. The van der Waals surface area contributed by atoms with Crippen LogP contribution in [0.15, 0.2) is 0 Å². The van der Waals surface area contributed by atoms with Crippen molar-refractivity contribution in [3.63, 3.8) is 0 Å². The number of nitrogens with zero attached hydrogens (tertiary/aromatic N) is 1. The zero-order chi connectivity index (χ0) is 9.54. The summed E-state index contributed by atoms with van der Waals surface area (Å²) in [5.74, 6) is 2.04. The fourth-order valence-corrected chi connectivity index (χ4v) is 5.07. The highest BCUT2D eigenvalue weighted by molar-refractivity contribution is 9.09. The Labute approximate surface area is 95.4 Å². The fraction of sp³-hybridized carbons (Fsp3) is 1.00. The van der Waals surface area contributed by atoms with Crippen LogP contribution < -0.4 is 0 Å². The second-order valence-electron chi connectivity index (χ2n) is 5.40. The number of hydrogen-bond donors (Lipinski definition) is 0. The third kappa shape index (κ3) is 1.55. The van der Waals surface area contributed by atoms with E-state index < -0.39 is 0 Å². The zero-order valence-corrected chi connectivity index (χ0v) is 10.4. The Morgan fingerprint density at radius 2 is 1.50 bits per heavy atom. The van der Waals surface area contributed by atoms with Gasteiger partial charge in [0.1, 0.15) is 0 Å². The van der Waals surface area contributed by atoms with E-state index in [2.05, 4.69) is 20.8 Å². The lowest BCUT2D eigenvalue weighted by Gasteiger charge is -2.52. The maximum Gasteiger partial charge on any atom is 0.0153 e. The Morgan fingerprint density at radius 1 is 0.929 bits per heavy atom. The SMILES string of the molecule is BrC1CC2CCCN3CCCC(C1)C23. The quantitative estimate of drug-likeness (QED) is 0.604. The first-order valence-corrected chi connectivity index (χ1v) is 7.14. The first kappa shape index (κ1) is 9.65. The first-order valence-electron chi connectivity index (χ1n) is 6.23. The van der Waals surface area contributed by atoms with Gasteiger partial charge in [0.15, 0.2) is 0 Å². The van der Waals surface area contributed by atoms with E-state index in [1.807, 2.05) is 0 Å². The molecule has 0 aromatic carbocycles. The predicted molar refractivity (Wildman–Crippen MR) is 62.8 cm³/mol. The van der Waals surface area contributed by atoms with Gasteiger partial charge in [0, 0.05) is 10.9 Å². The van der Waals surface area contributed by atoms with Crippen LogP contribution in [0.4, 0.5) is 0 Å². The van der Waals surface area contributed by atoms with E-state index in [0.717, 1.165) is 22.7 Å². The molecule has 14 heavy (non-hydrogen) atoms. The van der Waals surface area contributed by atoms with E-state index >= 15 is 0 Å². The van der Waals surface area contributed by atoms with Gasteiger partial charge in [-0.15, -0.1) is 0 Å². The lowest BCUT2D eigenvalue weighted by molar-refractivity contribution is -0.00852. The van der Waals surface area contributed by atoms with Crippen LogP contribution in [0.3, 0.4) is 0 Å². The van der Waals surface area contributed by atoms with Gasteiger partial charge < -0.3 is 0 Å². The number of hydrogen-bond acceptors (Lipinski definition) is 1. The van der Waals surface area contributed by atoms with Gasteiger partial charge in [0.2, 0.25) is 0 Å². The zero-order valence-electron chi connectivity index (χ0n) is 8.79. The van der Waals surface area contributed by atoms with Crippen LogP contribution in [-0.4, -0.2) is 28.9 Å². The first-order chi connectivity index (χ1) is 6.84. The summed E-state index contributed by atoms with van der Waals surface area (Å²) in [6.07, 6.45) is 8.79. The third-order valence-electron chi connectivity index (χ3n) is 4.55. The molecule has 0 radical (unpaired) electrons. The van der Waals surface area contributed by atoms with Crippen LogP contribution in [0.25, 0.3) is 0 Å². The van der Waals surface area contributed by atoms with Crippen molar-refractivity contribution < 1.29 is 0 Å². The highest BCUT2D eigenvalue weighted by Gasteiger charge is 2.43. The summed E-state index contributed by atoms with van der Waals surface area (Å²) in [6, 6.07) is 0.978. The number of piperidine rings is 2. The number of rotatable bonds is 0. The second-order valence-corrected chi connectivity index (χ2v) is 6.69. The monoisotopic (exact) mass is 257 g/mol. The highest BCUT2D eigenvalue weighted by atomic mass is 79.9.